The number of furan rings is 1. The van der Waals surface area contributed by atoms with Crippen molar-refractivity contribution >= 4 is 11.5 Å². The number of nitrogens with zero attached hydrogens (tertiary/aromatic N) is 2. The third-order valence-corrected chi connectivity index (χ3v) is 2.43. The van der Waals surface area contributed by atoms with Gasteiger partial charge >= 0.3 is 0 Å². The molecule has 0 aliphatic carbocycles. The number of aromatic nitrogens is 1. The molecular weight excluding hydrogens is 214 g/mol. The fourth-order valence-electron chi connectivity index (χ4n) is 1.62. The average molecular weight is 229 g/mol. The van der Waals surface area contributed by atoms with Crippen molar-refractivity contribution in [1.29, 1.82) is 0 Å². The van der Waals surface area contributed by atoms with Crippen LogP contribution in [-0.4, -0.2) is 10.7 Å². The minimum Gasteiger partial charge on any atom is -0.466 e. The lowest BCUT2D eigenvalue weighted by atomic mass is 10.2. The average Bonchev–Trinajstić information content (AvgIpc) is 2.67. The van der Waals surface area contributed by atoms with E-state index >= 15 is 0 Å². The van der Waals surface area contributed by atoms with Gasteiger partial charge in [-0.3, -0.25) is 5.43 Å². The van der Waals surface area contributed by atoms with Crippen molar-refractivity contribution in [1.82, 2.24) is 4.98 Å². The summed E-state index contributed by atoms with van der Waals surface area (Å²) >= 11 is 0. The number of anilines is 1. The molecule has 0 fully saturated rings. The van der Waals surface area contributed by atoms with E-state index in [1.54, 1.807) is 6.20 Å². The number of rotatable bonds is 3. The van der Waals surface area contributed by atoms with Crippen molar-refractivity contribution < 1.29 is 4.42 Å². The van der Waals surface area contributed by atoms with Crippen LogP contribution in [0.1, 0.15) is 24.0 Å². The second-order valence-electron chi connectivity index (χ2n) is 3.85. The van der Waals surface area contributed by atoms with E-state index in [2.05, 4.69) is 15.5 Å². The lowest BCUT2D eigenvalue weighted by Crippen LogP contribution is -2.00. The van der Waals surface area contributed by atoms with Crippen molar-refractivity contribution in [3.05, 3.63) is 47.5 Å². The van der Waals surface area contributed by atoms with Crippen LogP contribution in [-0.2, 0) is 0 Å². The summed E-state index contributed by atoms with van der Waals surface area (Å²) in [5.74, 6) is 2.50. The van der Waals surface area contributed by atoms with Crippen molar-refractivity contribution in [3.8, 4) is 0 Å². The molecule has 4 heteroatoms. The Morgan fingerprint density at radius 2 is 2.18 bits per heavy atom. The molecule has 0 spiro atoms. The second-order valence-corrected chi connectivity index (χ2v) is 3.85. The van der Waals surface area contributed by atoms with Gasteiger partial charge in [0.1, 0.15) is 17.3 Å². The highest BCUT2D eigenvalue weighted by molar-refractivity contribution is 6.00. The van der Waals surface area contributed by atoms with Crippen LogP contribution in [0.5, 0.6) is 0 Å². The Balaban J connectivity index is 2.15. The highest BCUT2D eigenvalue weighted by Gasteiger charge is 2.07. The molecule has 2 heterocycles. The third kappa shape index (κ3) is 2.72. The van der Waals surface area contributed by atoms with Gasteiger partial charge in [-0.05, 0) is 39.0 Å². The molecule has 0 unspecified atom stereocenters. The molecule has 2 aromatic rings. The van der Waals surface area contributed by atoms with E-state index in [0.29, 0.717) is 0 Å². The number of aryl methyl sites for hydroxylation is 2. The maximum absolute atomic E-state index is 5.46. The quantitative estimate of drug-likeness (QED) is 0.649. The summed E-state index contributed by atoms with van der Waals surface area (Å²) in [7, 11) is 0. The van der Waals surface area contributed by atoms with Gasteiger partial charge in [-0.25, -0.2) is 4.98 Å². The topological polar surface area (TPSA) is 50.4 Å². The van der Waals surface area contributed by atoms with Crippen LogP contribution in [0.15, 0.2) is 40.0 Å². The summed E-state index contributed by atoms with van der Waals surface area (Å²) in [5.41, 5.74) is 4.81. The molecule has 4 nitrogen and oxygen atoms in total. The summed E-state index contributed by atoms with van der Waals surface area (Å²) < 4.78 is 5.46. The number of hydrogen-bond donors (Lipinski definition) is 1. The summed E-state index contributed by atoms with van der Waals surface area (Å²) in [6, 6.07) is 7.62. The molecule has 0 atom stereocenters. The Labute approximate surface area is 100 Å². The number of hydrazone groups is 1. The minimum atomic E-state index is 0.727. The SMILES string of the molecule is C/C(=N/Nc1ccccn1)c1cc(C)oc1C. The first-order chi connectivity index (χ1) is 8.16. The maximum atomic E-state index is 5.46. The summed E-state index contributed by atoms with van der Waals surface area (Å²) in [6.45, 7) is 5.80. The maximum Gasteiger partial charge on any atom is 0.146 e. The van der Waals surface area contributed by atoms with Crippen molar-refractivity contribution in [2.24, 2.45) is 5.10 Å². The zero-order chi connectivity index (χ0) is 12.3. The van der Waals surface area contributed by atoms with Gasteiger partial charge in [0.05, 0.1) is 5.71 Å². The molecular formula is C13H15N3O. The van der Waals surface area contributed by atoms with Gasteiger partial charge in [-0.1, -0.05) is 6.07 Å². The van der Waals surface area contributed by atoms with Crippen LogP contribution in [0.2, 0.25) is 0 Å². The number of nitrogens with one attached hydrogen (secondary N) is 1. The van der Waals surface area contributed by atoms with E-state index in [0.717, 1.165) is 28.6 Å². The van der Waals surface area contributed by atoms with Crippen LogP contribution in [0.4, 0.5) is 5.82 Å². The molecule has 17 heavy (non-hydrogen) atoms. The highest BCUT2D eigenvalue weighted by Crippen LogP contribution is 2.14. The van der Waals surface area contributed by atoms with E-state index in [-0.39, 0.29) is 0 Å². The molecule has 0 aliphatic heterocycles. The fourth-order valence-corrected chi connectivity index (χ4v) is 1.62. The molecule has 0 radical (unpaired) electrons. The Kier molecular flexibility index (Phi) is 3.23. The second kappa shape index (κ2) is 4.82. The smallest absolute Gasteiger partial charge is 0.146 e. The minimum absolute atomic E-state index is 0.727. The van der Waals surface area contributed by atoms with Crippen molar-refractivity contribution in [2.45, 2.75) is 20.8 Å². The summed E-state index contributed by atoms with van der Waals surface area (Å²) in [6.07, 6.45) is 1.72. The van der Waals surface area contributed by atoms with E-state index in [9.17, 15) is 0 Å². The van der Waals surface area contributed by atoms with Crippen LogP contribution < -0.4 is 5.43 Å². The molecule has 0 saturated carbocycles. The first-order valence-corrected chi connectivity index (χ1v) is 5.45. The van der Waals surface area contributed by atoms with E-state index in [1.165, 1.54) is 0 Å². The number of pyridine rings is 1. The van der Waals surface area contributed by atoms with Crippen LogP contribution >= 0.6 is 0 Å². The fraction of sp³-hybridized carbons (Fsp3) is 0.231. The van der Waals surface area contributed by atoms with Crippen LogP contribution in [0.25, 0.3) is 0 Å². The Morgan fingerprint density at radius 1 is 1.35 bits per heavy atom. The van der Waals surface area contributed by atoms with Crippen molar-refractivity contribution in [3.63, 3.8) is 0 Å². The largest absolute Gasteiger partial charge is 0.466 e. The van der Waals surface area contributed by atoms with Gasteiger partial charge in [0.15, 0.2) is 0 Å². The third-order valence-electron chi connectivity index (χ3n) is 2.43. The molecule has 0 aromatic carbocycles. The number of hydrogen-bond acceptors (Lipinski definition) is 4. The Bertz CT molecular complexity index is 529. The molecule has 1 N–H and O–H groups in total. The Morgan fingerprint density at radius 3 is 2.76 bits per heavy atom. The molecule has 0 bridgehead atoms. The van der Waals surface area contributed by atoms with Gasteiger partial charge in [0.25, 0.3) is 0 Å². The van der Waals surface area contributed by atoms with Gasteiger partial charge in [-0.15, -0.1) is 0 Å². The van der Waals surface area contributed by atoms with Gasteiger partial charge < -0.3 is 4.42 Å². The summed E-state index contributed by atoms with van der Waals surface area (Å²) in [4.78, 5) is 4.13. The molecule has 2 aromatic heterocycles. The van der Waals surface area contributed by atoms with E-state index in [4.69, 9.17) is 4.42 Å². The van der Waals surface area contributed by atoms with E-state index < -0.39 is 0 Å². The summed E-state index contributed by atoms with van der Waals surface area (Å²) in [5, 5.41) is 4.28. The van der Waals surface area contributed by atoms with E-state index in [1.807, 2.05) is 45.0 Å². The van der Waals surface area contributed by atoms with Crippen LogP contribution in [0.3, 0.4) is 0 Å². The van der Waals surface area contributed by atoms with Gasteiger partial charge in [-0.2, -0.15) is 5.10 Å². The molecule has 0 saturated heterocycles. The van der Waals surface area contributed by atoms with Crippen molar-refractivity contribution in [2.75, 3.05) is 5.43 Å². The predicted octanol–water partition coefficient (Wildman–Crippen LogP) is 3.13. The zero-order valence-corrected chi connectivity index (χ0v) is 10.2. The highest BCUT2D eigenvalue weighted by atomic mass is 16.3. The zero-order valence-electron chi connectivity index (χ0n) is 10.2. The normalized spacial score (nSPS) is 11.6. The molecule has 0 amide bonds. The first kappa shape index (κ1) is 11.4. The first-order valence-electron chi connectivity index (χ1n) is 5.45. The molecule has 0 aliphatic rings. The predicted molar refractivity (Wildman–Crippen MR) is 68.3 cm³/mol. The standard InChI is InChI=1S/C13H15N3O/c1-9-8-12(11(3)17-9)10(2)15-16-13-6-4-5-7-14-13/h4-8H,1-3H3,(H,14,16)/b15-10-. The Hall–Kier alpha value is -2.10. The van der Waals surface area contributed by atoms with Crippen LogP contribution in [0, 0.1) is 13.8 Å². The lowest BCUT2D eigenvalue weighted by Gasteiger charge is -2.01. The van der Waals surface area contributed by atoms with Gasteiger partial charge in [0.2, 0.25) is 0 Å². The lowest BCUT2D eigenvalue weighted by molar-refractivity contribution is 0.504. The molecule has 2 rings (SSSR count). The molecule has 88 valence electrons. The monoisotopic (exact) mass is 229 g/mol. The van der Waals surface area contributed by atoms with Gasteiger partial charge in [0, 0.05) is 11.8 Å².